The number of nitrogen functional groups attached to an aromatic ring is 1. The van der Waals surface area contributed by atoms with Gasteiger partial charge in [-0.1, -0.05) is 42.5 Å². The topological polar surface area (TPSA) is 58.3 Å². The SMILES string of the molecule is Nc1ccccc1NCC(O)c1ccccc1. The van der Waals surface area contributed by atoms with E-state index in [9.17, 15) is 5.11 Å². The molecule has 88 valence electrons. The molecule has 0 radical (unpaired) electrons. The van der Waals surface area contributed by atoms with E-state index >= 15 is 0 Å². The molecule has 0 aliphatic carbocycles. The Kier molecular flexibility index (Phi) is 3.62. The van der Waals surface area contributed by atoms with Gasteiger partial charge in [0.2, 0.25) is 0 Å². The molecule has 17 heavy (non-hydrogen) atoms. The van der Waals surface area contributed by atoms with Crippen LogP contribution in [0.2, 0.25) is 0 Å². The monoisotopic (exact) mass is 228 g/mol. The van der Waals surface area contributed by atoms with E-state index in [1.54, 1.807) is 0 Å². The van der Waals surface area contributed by atoms with E-state index in [-0.39, 0.29) is 0 Å². The van der Waals surface area contributed by atoms with Gasteiger partial charge in [-0.3, -0.25) is 0 Å². The summed E-state index contributed by atoms with van der Waals surface area (Å²) in [6.45, 7) is 0.443. The van der Waals surface area contributed by atoms with E-state index in [1.165, 1.54) is 0 Å². The molecule has 1 atom stereocenters. The van der Waals surface area contributed by atoms with E-state index in [0.717, 1.165) is 11.3 Å². The van der Waals surface area contributed by atoms with E-state index in [1.807, 2.05) is 54.6 Å². The highest BCUT2D eigenvalue weighted by Gasteiger charge is 2.06. The molecule has 0 aliphatic rings. The number of nitrogens with two attached hydrogens (primary N) is 1. The minimum Gasteiger partial charge on any atom is -0.397 e. The largest absolute Gasteiger partial charge is 0.397 e. The zero-order valence-electron chi connectivity index (χ0n) is 9.51. The van der Waals surface area contributed by atoms with Crippen LogP contribution in [0, 0.1) is 0 Å². The van der Waals surface area contributed by atoms with Crippen molar-refractivity contribution in [2.75, 3.05) is 17.6 Å². The van der Waals surface area contributed by atoms with Gasteiger partial charge in [0.25, 0.3) is 0 Å². The van der Waals surface area contributed by atoms with E-state index < -0.39 is 6.10 Å². The summed E-state index contributed by atoms with van der Waals surface area (Å²) in [5.41, 5.74) is 8.24. The van der Waals surface area contributed by atoms with E-state index in [2.05, 4.69) is 5.32 Å². The van der Waals surface area contributed by atoms with Gasteiger partial charge >= 0.3 is 0 Å². The normalized spacial score (nSPS) is 12.1. The molecule has 0 saturated heterocycles. The van der Waals surface area contributed by atoms with Crippen LogP contribution in [0.4, 0.5) is 11.4 Å². The molecule has 2 rings (SSSR count). The maximum absolute atomic E-state index is 9.97. The Hall–Kier alpha value is -2.00. The third kappa shape index (κ3) is 2.98. The van der Waals surface area contributed by atoms with Crippen molar-refractivity contribution < 1.29 is 5.11 Å². The molecular formula is C14H16N2O. The summed E-state index contributed by atoms with van der Waals surface area (Å²) < 4.78 is 0. The first kappa shape index (κ1) is 11.5. The quantitative estimate of drug-likeness (QED) is 0.704. The number of aliphatic hydroxyl groups excluding tert-OH is 1. The molecular weight excluding hydrogens is 212 g/mol. The number of aliphatic hydroxyl groups is 1. The first-order valence-electron chi connectivity index (χ1n) is 5.59. The van der Waals surface area contributed by atoms with Crippen molar-refractivity contribution in [2.45, 2.75) is 6.10 Å². The Labute approximate surface area is 101 Å². The third-order valence-electron chi connectivity index (χ3n) is 2.63. The van der Waals surface area contributed by atoms with Crippen molar-refractivity contribution in [3.05, 3.63) is 60.2 Å². The van der Waals surface area contributed by atoms with Crippen molar-refractivity contribution in [3.63, 3.8) is 0 Å². The Morgan fingerprint density at radius 3 is 2.35 bits per heavy atom. The van der Waals surface area contributed by atoms with Gasteiger partial charge in [0.05, 0.1) is 17.5 Å². The summed E-state index contributed by atoms with van der Waals surface area (Å²) >= 11 is 0. The summed E-state index contributed by atoms with van der Waals surface area (Å²) in [6.07, 6.45) is -0.532. The van der Waals surface area contributed by atoms with Crippen molar-refractivity contribution in [3.8, 4) is 0 Å². The van der Waals surface area contributed by atoms with Gasteiger partial charge in [-0.05, 0) is 17.7 Å². The molecule has 0 bridgehead atoms. The standard InChI is InChI=1S/C14H16N2O/c15-12-8-4-5-9-13(12)16-10-14(17)11-6-2-1-3-7-11/h1-9,14,16-17H,10,15H2. The average Bonchev–Trinajstić information content (AvgIpc) is 2.38. The smallest absolute Gasteiger partial charge is 0.0962 e. The summed E-state index contributed by atoms with van der Waals surface area (Å²) in [5.74, 6) is 0. The molecule has 0 amide bonds. The Balaban J connectivity index is 1.97. The molecule has 2 aromatic rings. The molecule has 0 spiro atoms. The van der Waals surface area contributed by atoms with Gasteiger partial charge in [-0.15, -0.1) is 0 Å². The van der Waals surface area contributed by atoms with Crippen LogP contribution in [-0.2, 0) is 0 Å². The molecule has 0 aliphatic heterocycles. The number of anilines is 2. The van der Waals surface area contributed by atoms with Crippen LogP contribution in [0.1, 0.15) is 11.7 Å². The van der Waals surface area contributed by atoms with Crippen LogP contribution in [-0.4, -0.2) is 11.7 Å². The van der Waals surface area contributed by atoms with Gasteiger partial charge in [-0.25, -0.2) is 0 Å². The van der Waals surface area contributed by atoms with Crippen LogP contribution in [0.5, 0.6) is 0 Å². The molecule has 0 saturated carbocycles. The minimum atomic E-state index is -0.532. The van der Waals surface area contributed by atoms with E-state index in [4.69, 9.17) is 5.73 Å². The maximum atomic E-state index is 9.97. The first-order chi connectivity index (χ1) is 8.27. The number of nitrogens with one attached hydrogen (secondary N) is 1. The fraction of sp³-hybridized carbons (Fsp3) is 0.143. The molecule has 3 nitrogen and oxygen atoms in total. The van der Waals surface area contributed by atoms with Crippen LogP contribution < -0.4 is 11.1 Å². The highest BCUT2D eigenvalue weighted by molar-refractivity contribution is 5.65. The molecule has 2 aromatic carbocycles. The van der Waals surface area contributed by atoms with Crippen LogP contribution >= 0.6 is 0 Å². The van der Waals surface area contributed by atoms with Crippen LogP contribution in [0.3, 0.4) is 0 Å². The second-order valence-corrected chi connectivity index (χ2v) is 3.89. The van der Waals surface area contributed by atoms with E-state index in [0.29, 0.717) is 12.2 Å². The van der Waals surface area contributed by atoms with Crippen molar-refractivity contribution in [1.82, 2.24) is 0 Å². The third-order valence-corrected chi connectivity index (χ3v) is 2.63. The van der Waals surface area contributed by atoms with Crippen molar-refractivity contribution in [1.29, 1.82) is 0 Å². The predicted octanol–water partition coefficient (Wildman–Crippen LogP) is 2.41. The zero-order valence-corrected chi connectivity index (χ0v) is 9.51. The van der Waals surface area contributed by atoms with Gasteiger partial charge in [0, 0.05) is 6.54 Å². The minimum absolute atomic E-state index is 0.443. The number of para-hydroxylation sites is 2. The van der Waals surface area contributed by atoms with Crippen molar-refractivity contribution >= 4 is 11.4 Å². The highest BCUT2D eigenvalue weighted by Crippen LogP contribution is 2.19. The van der Waals surface area contributed by atoms with Crippen molar-refractivity contribution in [2.24, 2.45) is 0 Å². The molecule has 0 aromatic heterocycles. The highest BCUT2D eigenvalue weighted by atomic mass is 16.3. The van der Waals surface area contributed by atoms with Gasteiger partial charge < -0.3 is 16.2 Å². The number of hydrogen-bond acceptors (Lipinski definition) is 3. The Morgan fingerprint density at radius 1 is 1.00 bits per heavy atom. The lowest BCUT2D eigenvalue weighted by Crippen LogP contribution is -2.12. The lowest BCUT2D eigenvalue weighted by Gasteiger charge is -2.14. The molecule has 3 heteroatoms. The lowest BCUT2D eigenvalue weighted by molar-refractivity contribution is 0.191. The molecule has 0 heterocycles. The number of hydrogen-bond donors (Lipinski definition) is 3. The van der Waals surface area contributed by atoms with Crippen LogP contribution in [0.25, 0.3) is 0 Å². The summed E-state index contributed by atoms with van der Waals surface area (Å²) in [5, 5.41) is 13.1. The first-order valence-corrected chi connectivity index (χ1v) is 5.59. The van der Waals surface area contributed by atoms with Gasteiger partial charge in [0.15, 0.2) is 0 Å². The number of benzene rings is 2. The number of rotatable bonds is 4. The summed E-state index contributed by atoms with van der Waals surface area (Å²) in [6, 6.07) is 17.1. The molecule has 1 unspecified atom stereocenters. The summed E-state index contributed by atoms with van der Waals surface area (Å²) in [7, 11) is 0. The fourth-order valence-corrected chi connectivity index (χ4v) is 1.66. The van der Waals surface area contributed by atoms with Crippen LogP contribution in [0.15, 0.2) is 54.6 Å². The maximum Gasteiger partial charge on any atom is 0.0962 e. The molecule has 4 N–H and O–H groups in total. The van der Waals surface area contributed by atoms with Gasteiger partial charge in [-0.2, -0.15) is 0 Å². The lowest BCUT2D eigenvalue weighted by atomic mass is 10.1. The Morgan fingerprint density at radius 2 is 1.65 bits per heavy atom. The summed E-state index contributed by atoms with van der Waals surface area (Å²) in [4.78, 5) is 0. The second kappa shape index (κ2) is 5.37. The average molecular weight is 228 g/mol. The predicted molar refractivity (Wildman–Crippen MR) is 70.7 cm³/mol. The second-order valence-electron chi connectivity index (χ2n) is 3.89. The Bertz CT molecular complexity index is 471. The zero-order chi connectivity index (χ0) is 12.1. The van der Waals surface area contributed by atoms with Gasteiger partial charge in [0.1, 0.15) is 0 Å². The fourth-order valence-electron chi connectivity index (χ4n) is 1.66. The molecule has 0 fully saturated rings.